The Bertz CT molecular complexity index is 479. The highest BCUT2D eigenvalue weighted by molar-refractivity contribution is 5.89. The third kappa shape index (κ3) is 5.96. The first-order valence-electron chi connectivity index (χ1n) is 10.6. The number of esters is 2. The number of rotatable bonds is 11. The van der Waals surface area contributed by atoms with Crippen molar-refractivity contribution in [2.45, 2.75) is 82.6 Å². The van der Waals surface area contributed by atoms with E-state index in [0.717, 1.165) is 0 Å². The predicted molar refractivity (Wildman–Crippen MR) is 111 cm³/mol. The fraction of sp³-hybridized carbons (Fsp3) is 0.913. The molecule has 0 aromatic rings. The summed E-state index contributed by atoms with van der Waals surface area (Å²) >= 11 is 0. The maximum Gasteiger partial charge on any atom is 0.313 e. The standard InChI is InChI=1S/C23H44O4/c1-15(2)12-23(19(9)10,21(25)27-14-17(5)6)22(11,18(7)8)20(24)26-13-16(3)4/h15-19H,12-14H2,1-11H3. The van der Waals surface area contributed by atoms with E-state index in [9.17, 15) is 9.59 Å². The molecule has 0 heterocycles. The van der Waals surface area contributed by atoms with E-state index in [4.69, 9.17) is 9.47 Å². The monoisotopic (exact) mass is 384 g/mol. The van der Waals surface area contributed by atoms with Gasteiger partial charge in [-0.3, -0.25) is 9.59 Å². The van der Waals surface area contributed by atoms with Crippen LogP contribution in [-0.4, -0.2) is 25.2 Å². The van der Waals surface area contributed by atoms with E-state index in [0.29, 0.717) is 19.6 Å². The van der Waals surface area contributed by atoms with Crippen molar-refractivity contribution in [1.82, 2.24) is 0 Å². The van der Waals surface area contributed by atoms with Gasteiger partial charge in [0.2, 0.25) is 0 Å². The summed E-state index contributed by atoms with van der Waals surface area (Å²) in [5.74, 6) is 0.0611. The van der Waals surface area contributed by atoms with Gasteiger partial charge in [0, 0.05) is 0 Å². The maximum atomic E-state index is 13.5. The number of hydrogen-bond acceptors (Lipinski definition) is 4. The molecule has 0 amide bonds. The summed E-state index contributed by atoms with van der Waals surface area (Å²) in [6.45, 7) is 22.9. The van der Waals surface area contributed by atoms with Gasteiger partial charge in [0.05, 0.1) is 24.0 Å². The lowest BCUT2D eigenvalue weighted by atomic mass is 9.52. The molecule has 0 aliphatic carbocycles. The van der Waals surface area contributed by atoms with Crippen molar-refractivity contribution < 1.29 is 19.1 Å². The molecule has 4 nitrogen and oxygen atoms in total. The highest BCUT2D eigenvalue weighted by Gasteiger charge is 2.62. The highest BCUT2D eigenvalue weighted by atomic mass is 16.5. The van der Waals surface area contributed by atoms with Crippen molar-refractivity contribution in [3.8, 4) is 0 Å². The molecule has 0 bridgehead atoms. The van der Waals surface area contributed by atoms with Crippen molar-refractivity contribution >= 4 is 11.9 Å². The lowest BCUT2D eigenvalue weighted by Crippen LogP contribution is -2.58. The van der Waals surface area contributed by atoms with Crippen LogP contribution >= 0.6 is 0 Å². The minimum atomic E-state index is -0.964. The predicted octanol–water partition coefficient (Wildman–Crippen LogP) is 5.74. The SMILES string of the molecule is CC(C)COC(=O)C(C)(C(C)C)C(CC(C)C)(C(=O)OCC(C)C)C(C)C. The van der Waals surface area contributed by atoms with Gasteiger partial charge in [0.25, 0.3) is 0 Å². The van der Waals surface area contributed by atoms with Gasteiger partial charge in [0.15, 0.2) is 0 Å². The number of hydrogen-bond donors (Lipinski definition) is 0. The highest BCUT2D eigenvalue weighted by Crippen LogP contribution is 2.55. The topological polar surface area (TPSA) is 52.6 Å². The zero-order valence-corrected chi connectivity index (χ0v) is 19.6. The van der Waals surface area contributed by atoms with Crippen molar-refractivity contribution in [1.29, 1.82) is 0 Å². The molecule has 4 heteroatoms. The molecule has 0 radical (unpaired) electrons. The Morgan fingerprint density at radius 3 is 1.37 bits per heavy atom. The molecule has 0 aliphatic heterocycles. The number of ether oxygens (including phenoxy) is 2. The largest absolute Gasteiger partial charge is 0.465 e. The molecule has 0 fully saturated rings. The fourth-order valence-corrected chi connectivity index (χ4v) is 3.92. The third-order valence-corrected chi connectivity index (χ3v) is 5.68. The molecule has 0 spiro atoms. The van der Waals surface area contributed by atoms with E-state index in [1.807, 2.05) is 62.3 Å². The van der Waals surface area contributed by atoms with Gasteiger partial charge in [-0.2, -0.15) is 0 Å². The smallest absolute Gasteiger partial charge is 0.313 e. The molecule has 0 aromatic carbocycles. The van der Waals surface area contributed by atoms with E-state index in [1.165, 1.54) is 0 Å². The van der Waals surface area contributed by atoms with Crippen LogP contribution in [0.2, 0.25) is 0 Å². The Morgan fingerprint density at radius 1 is 0.667 bits per heavy atom. The normalized spacial score (nSPS) is 16.7. The van der Waals surface area contributed by atoms with E-state index in [-0.39, 0.29) is 41.5 Å². The molecule has 0 aromatic heterocycles. The molecular formula is C23H44O4. The minimum absolute atomic E-state index is 0.0569. The Labute approximate surface area is 167 Å². The van der Waals surface area contributed by atoms with Crippen molar-refractivity contribution in [3.05, 3.63) is 0 Å². The summed E-state index contributed by atoms with van der Waals surface area (Å²) < 4.78 is 11.5. The molecule has 0 saturated carbocycles. The maximum absolute atomic E-state index is 13.5. The van der Waals surface area contributed by atoms with Crippen LogP contribution < -0.4 is 0 Å². The Morgan fingerprint density at radius 2 is 1.07 bits per heavy atom. The Kier molecular flexibility index (Phi) is 10.1. The molecule has 160 valence electrons. The van der Waals surface area contributed by atoms with Crippen LogP contribution in [0.25, 0.3) is 0 Å². The molecule has 0 aliphatic rings. The minimum Gasteiger partial charge on any atom is -0.465 e. The van der Waals surface area contributed by atoms with E-state index >= 15 is 0 Å². The van der Waals surface area contributed by atoms with Crippen LogP contribution in [-0.2, 0) is 19.1 Å². The average molecular weight is 385 g/mol. The first-order valence-corrected chi connectivity index (χ1v) is 10.6. The lowest BCUT2D eigenvalue weighted by Gasteiger charge is -2.50. The fourth-order valence-electron chi connectivity index (χ4n) is 3.92. The van der Waals surface area contributed by atoms with E-state index < -0.39 is 10.8 Å². The first-order chi connectivity index (χ1) is 12.2. The Balaban J connectivity index is 6.35. The number of carbonyl (C=O) groups excluding carboxylic acids is 2. The van der Waals surface area contributed by atoms with Gasteiger partial charge >= 0.3 is 11.9 Å². The molecule has 2 unspecified atom stereocenters. The van der Waals surface area contributed by atoms with Gasteiger partial charge < -0.3 is 9.47 Å². The van der Waals surface area contributed by atoms with Crippen LogP contribution in [0, 0.1) is 40.4 Å². The van der Waals surface area contributed by atoms with Crippen molar-refractivity contribution in [2.24, 2.45) is 40.4 Å². The summed E-state index contributed by atoms with van der Waals surface area (Å²) in [6.07, 6.45) is 0.590. The van der Waals surface area contributed by atoms with Gasteiger partial charge in [-0.15, -0.1) is 0 Å². The zero-order valence-electron chi connectivity index (χ0n) is 19.6. The summed E-state index contributed by atoms with van der Waals surface area (Å²) in [5, 5.41) is 0. The van der Waals surface area contributed by atoms with Crippen molar-refractivity contribution in [3.63, 3.8) is 0 Å². The third-order valence-electron chi connectivity index (χ3n) is 5.68. The van der Waals surface area contributed by atoms with Gasteiger partial charge in [-0.1, -0.05) is 69.2 Å². The molecular weight excluding hydrogens is 340 g/mol. The summed E-state index contributed by atoms with van der Waals surface area (Å²) in [6, 6.07) is 0. The van der Waals surface area contributed by atoms with Gasteiger partial charge in [0.1, 0.15) is 0 Å². The van der Waals surface area contributed by atoms with Crippen LogP contribution in [0.5, 0.6) is 0 Å². The van der Waals surface area contributed by atoms with E-state index in [2.05, 4.69) is 13.8 Å². The number of carbonyl (C=O) groups is 2. The second-order valence-electron chi connectivity index (χ2n) is 10.1. The average Bonchev–Trinajstić information content (AvgIpc) is 2.53. The quantitative estimate of drug-likeness (QED) is 0.426. The Hall–Kier alpha value is -1.06. The zero-order chi connectivity index (χ0) is 21.6. The molecule has 27 heavy (non-hydrogen) atoms. The second-order valence-corrected chi connectivity index (χ2v) is 10.1. The molecule has 0 rings (SSSR count). The molecule has 0 N–H and O–H groups in total. The van der Waals surface area contributed by atoms with Crippen LogP contribution in [0.4, 0.5) is 0 Å². The van der Waals surface area contributed by atoms with Gasteiger partial charge in [-0.05, 0) is 42.9 Å². The molecule has 2 atom stereocenters. The first kappa shape index (κ1) is 25.9. The molecule has 0 saturated heterocycles. The van der Waals surface area contributed by atoms with Crippen molar-refractivity contribution in [2.75, 3.05) is 13.2 Å². The summed E-state index contributed by atoms with van der Waals surface area (Å²) in [4.78, 5) is 26.9. The summed E-state index contributed by atoms with van der Waals surface area (Å²) in [7, 11) is 0. The van der Waals surface area contributed by atoms with E-state index in [1.54, 1.807) is 0 Å². The lowest BCUT2D eigenvalue weighted by molar-refractivity contribution is -0.194. The van der Waals surface area contributed by atoms with Gasteiger partial charge in [-0.25, -0.2) is 0 Å². The van der Waals surface area contributed by atoms with Crippen LogP contribution in [0.1, 0.15) is 82.6 Å². The van der Waals surface area contributed by atoms with Crippen LogP contribution in [0.15, 0.2) is 0 Å². The van der Waals surface area contributed by atoms with Crippen LogP contribution in [0.3, 0.4) is 0 Å². The summed E-state index contributed by atoms with van der Waals surface area (Å²) in [5.41, 5.74) is -1.90. The second kappa shape index (κ2) is 10.5.